The monoisotopic (exact) mass is 909 g/mol. The van der Waals surface area contributed by atoms with E-state index in [9.17, 15) is 13.8 Å². The minimum atomic E-state index is -1.34. The van der Waals surface area contributed by atoms with Gasteiger partial charge in [0.1, 0.15) is 35.0 Å². The van der Waals surface area contributed by atoms with E-state index in [0.717, 1.165) is 122 Å². The molecule has 0 bridgehead atoms. The van der Waals surface area contributed by atoms with Crippen LogP contribution in [0.15, 0.2) is 17.3 Å². The van der Waals surface area contributed by atoms with E-state index in [-0.39, 0.29) is 30.9 Å². The van der Waals surface area contributed by atoms with E-state index in [4.69, 9.17) is 14.2 Å². The van der Waals surface area contributed by atoms with E-state index < -0.39 is 11.0 Å². The van der Waals surface area contributed by atoms with Crippen molar-refractivity contribution in [2.75, 3.05) is 33.3 Å². The SMILES string of the molecule is CCCCCCCCC(CC)OC(=O)CCCCCCCN(CCCCCCCC(=O)OC(CCCCCCCC)CCCCCCCC)CCCNS(=O)c1ccnn1COC. The number of nitrogens with one attached hydrogen (secondary N) is 1. The Morgan fingerprint density at radius 3 is 1.48 bits per heavy atom. The van der Waals surface area contributed by atoms with Gasteiger partial charge in [-0.05, 0) is 103 Å². The van der Waals surface area contributed by atoms with E-state index >= 15 is 0 Å². The van der Waals surface area contributed by atoms with Gasteiger partial charge in [0.25, 0.3) is 0 Å². The smallest absolute Gasteiger partial charge is 0.306 e. The molecule has 1 aromatic heterocycles. The number of rotatable bonds is 48. The minimum absolute atomic E-state index is 0.00435. The Hall–Kier alpha value is -1.82. The number of hydrogen-bond acceptors (Lipinski definition) is 8. The van der Waals surface area contributed by atoms with E-state index in [1.165, 1.54) is 109 Å². The van der Waals surface area contributed by atoms with Gasteiger partial charge >= 0.3 is 11.9 Å². The quantitative estimate of drug-likeness (QED) is 0.0508. The van der Waals surface area contributed by atoms with Crippen molar-refractivity contribution in [1.29, 1.82) is 0 Å². The van der Waals surface area contributed by atoms with E-state index in [2.05, 4.69) is 42.4 Å². The van der Waals surface area contributed by atoms with Crippen molar-refractivity contribution < 1.29 is 28.0 Å². The molecule has 0 spiro atoms. The first kappa shape index (κ1) is 59.2. The van der Waals surface area contributed by atoms with Crippen LogP contribution in [0.5, 0.6) is 0 Å². The zero-order valence-electron chi connectivity index (χ0n) is 41.8. The predicted octanol–water partition coefficient (Wildman–Crippen LogP) is 14.0. The molecule has 0 amide bonds. The van der Waals surface area contributed by atoms with Crippen LogP contribution in [-0.2, 0) is 41.5 Å². The lowest BCUT2D eigenvalue weighted by atomic mass is 10.0. The number of methoxy groups -OCH3 is 1. The number of carbonyl (C=O) groups excluding carboxylic acids is 2. The lowest BCUT2D eigenvalue weighted by Crippen LogP contribution is -2.30. The fraction of sp³-hybridized carbons (Fsp3) is 0.904. The summed E-state index contributed by atoms with van der Waals surface area (Å²) in [5.41, 5.74) is 0. The highest BCUT2D eigenvalue weighted by molar-refractivity contribution is 7.83. The maximum atomic E-state index is 12.9. The normalized spacial score (nSPS) is 12.7. The molecule has 0 radical (unpaired) electrons. The van der Waals surface area contributed by atoms with Crippen LogP contribution in [0.2, 0.25) is 0 Å². The second kappa shape index (κ2) is 44.0. The van der Waals surface area contributed by atoms with Crippen molar-refractivity contribution in [2.24, 2.45) is 0 Å². The van der Waals surface area contributed by atoms with Crippen molar-refractivity contribution in [3.63, 3.8) is 0 Å². The van der Waals surface area contributed by atoms with Crippen LogP contribution in [0.4, 0.5) is 0 Å². The Bertz CT molecular complexity index is 1190. The van der Waals surface area contributed by atoms with Crippen LogP contribution >= 0.6 is 0 Å². The number of ether oxygens (including phenoxy) is 3. The third kappa shape index (κ3) is 35.1. The molecule has 1 aromatic rings. The van der Waals surface area contributed by atoms with Crippen LogP contribution in [0.1, 0.15) is 252 Å². The molecular weight excluding hydrogens is 809 g/mol. The van der Waals surface area contributed by atoms with E-state index in [0.29, 0.717) is 24.4 Å². The molecular formula is C52H100N4O6S. The fourth-order valence-corrected chi connectivity index (χ4v) is 9.35. The fourth-order valence-electron chi connectivity index (χ4n) is 8.40. The minimum Gasteiger partial charge on any atom is -0.462 e. The molecule has 11 heteroatoms. The van der Waals surface area contributed by atoms with Gasteiger partial charge in [0.15, 0.2) is 0 Å². The van der Waals surface area contributed by atoms with Gasteiger partial charge in [-0.1, -0.05) is 163 Å². The molecule has 10 nitrogen and oxygen atoms in total. The van der Waals surface area contributed by atoms with Crippen LogP contribution in [0.3, 0.4) is 0 Å². The first-order valence-electron chi connectivity index (χ1n) is 26.7. The molecule has 2 atom stereocenters. The molecule has 0 aromatic carbocycles. The molecule has 0 aliphatic carbocycles. The lowest BCUT2D eigenvalue weighted by Gasteiger charge is -2.22. The topological polar surface area (TPSA) is 112 Å². The predicted molar refractivity (Wildman–Crippen MR) is 264 cm³/mol. The molecule has 0 aliphatic rings. The number of aromatic nitrogens is 2. The summed E-state index contributed by atoms with van der Waals surface area (Å²) in [6.07, 6.45) is 41.4. The summed E-state index contributed by atoms with van der Waals surface area (Å²) in [7, 11) is 0.266. The Kier molecular flexibility index (Phi) is 41.4. The highest BCUT2D eigenvalue weighted by atomic mass is 32.2. The highest BCUT2D eigenvalue weighted by Crippen LogP contribution is 2.19. The molecule has 1 rings (SSSR count). The molecule has 0 fully saturated rings. The first-order valence-corrected chi connectivity index (χ1v) is 27.8. The Labute approximate surface area is 390 Å². The molecule has 0 saturated carbocycles. The largest absolute Gasteiger partial charge is 0.462 e. The number of esters is 2. The molecule has 0 saturated heterocycles. The average molecular weight is 909 g/mol. The maximum absolute atomic E-state index is 12.9. The Morgan fingerprint density at radius 2 is 1.00 bits per heavy atom. The second-order valence-electron chi connectivity index (χ2n) is 18.3. The van der Waals surface area contributed by atoms with Crippen LogP contribution in [0, 0.1) is 0 Å². The van der Waals surface area contributed by atoms with Crippen molar-refractivity contribution in [3.05, 3.63) is 12.3 Å². The average Bonchev–Trinajstić information content (AvgIpc) is 3.75. The van der Waals surface area contributed by atoms with Gasteiger partial charge in [0.2, 0.25) is 0 Å². The third-order valence-corrected chi connectivity index (χ3v) is 13.6. The molecule has 370 valence electrons. The van der Waals surface area contributed by atoms with Crippen LogP contribution < -0.4 is 4.72 Å². The molecule has 2 unspecified atom stereocenters. The zero-order valence-corrected chi connectivity index (χ0v) is 42.6. The summed E-state index contributed by atoms with van der Waals surface area (Å²) in [5, 5.41) is 4.83. The maximum Gasteiger partial charge on any atom is 0.306 e. The van der Waals surface area contributed by atoms with Gasteiger partial charge in [0, 0.05) is 26.5 Å². The first-order chi connectivity index (χ1) is 30.9. The molecule has 1 N–H and O–H groups in total. The van der Waals surface area contributed by atoms with Crippen molar-refractivity contribution in [1.82, 2.24) is 19.4 Å². The van der Waals surface area contributed by atoms with Gasteiger partial charge in [-0.2, -0.15) is 5.10 Å². The van der Waals surface area contributed by atoms with Crippen molar-refractivity contribution >= 4 is 22.9 Å². The van der Waals surface area contributed by atoms with Gasteiger partial charge in [-0.15, -0.1) is 0 Å². The summed E-state index contributed by atoms with van der Waals surface area (Å²) in [6, 6.07) is 1.77. The van der Waals surface area contributed by atoms with Gasteiger partial charge in [-0.3, -0.25) is 9.59 Å². The van der Waals surface area contributed by atoms with Crippen molar-refractivity contribution in [3.8, 4) is 0 Å². The number of carbonyl (C=O) groups is 2. The molecule has 1 heterocycles. The summed E-state index contributed by atoms with van der Waals surface area (Å²) >= 11 is 0. The summed E-state index contributed by atoms with van der Waals surface area (Å²) < 4.78 is 34.8. The van der Waals surface area contributed by atoms with Crippen molar-refractivity contribution in [2.45, 2.75) is 276 Å². The van der Waals surface area contributed by atoms with Gasteiger partial charge in [0.05, 0.1) is 6.20 Å². The summed E-state index contributed by atoms with van der Waals surface area (Å²) in [6.45, 7) is 12.9. The van der Waals surface area contributed by atoms with E-state index in [1.54, 1.807) is 24.1 Å². The number of unbranched alkanes of at least 4 members (excludes halogenated alkanes) is 23. The Balaban J connectivity index is 2.45. The van der Waals surface area contributed by atoms with Gasteiger partial charge in [-0.25, -0.2) is 13.6 Å². The van der Waals surface area contributed by atoms with Crippen LogP contribution in [-0.4, -0.2) is 76.3 Å². The number of nitrogens with zero attached hydrogens (tertiary/aromatic N) is 3. The summed E-state index contributed by atoms with van der Waals surface area (Å²) in [5.74, 6) is -0.0208. The zero-order chi connectivity index (χ0) is 45.9. The van der Waals surface area contributed by atoms with Gasteiger partial charge < -0.3 is 19.1 Å². The lowest BCUT2D eigenvalue weighted by molar-refractivity contribution is -0.150. The second-order valence-corrected chi connectivity index (χ2v) is 19.5. The standard InChI is InChI=1S/C52H100N4O6S/c1-6-10-13-16-21-28-36-48(9-4)61-51(57)39-31-24-19-26-33-44-55(46-35-42-54-63(59)50-41-43-53-56(50)47-60-5)45-34-27-20-25-32-40-52(58)62-49(37-29-22-17-14-11-7-2)38-30-23-18-15-12-8-3/h41,43,48-49,54H,6-40,42,44-47H2,1-5H3. The van der Waals surface area contributed by atoms with E-state index in [1.807, 2.05) is 0 Å². The molecule has 0 aliphatic heterocycles. The third-order valence-electron chi connectivity index (χ3n) is 12.4. The molecule has 63 heavy (non-hydrogen) atoms. The Morgan fingerprint density at radius 1 is 0.587 bits per heavy atom. The summed E-state index contributed by atoms with van der Waals surface area (Å²) in [4.78, 5) is 28.0. The number of hydrogen-bond donors (Lipinski definition) is 1. The highest BCUT2D eigenvalue weighted by Gasteiger charge is 2.16. The van der Waals surface area contributed by atoms with Crippen LogP contribution in [0.25, 0.3) is 0 Å².